The Kier molecular flexibility index (Phi) is 22.0. The van der Waals surface area contributed by atoms with Crippen LogP contribution in [-0.4, -0.2) is 221 Å². The summed E-state index contributed by atoms with van der Waals surface area (Å²) in [5.74, 6) is 0. The molecule has 4 saturated heterocycles. The number of rotatable bonds is 22. The normalized spacial score (nSPS) is 42.2. The molecule has 4 rings (SSSR count). The summed E-state index contributed by atoms with van der Waals surface area (Å²) in [4.78, 5) is 0. The summed E-state index contributed by atoms with van der Waals surface area (Å²) in [5, 5.41) is 134. The lowest BCUT2D eigenvalue weighted by Crippen LogP contribution is -2.64. The monoisotopic (exact) mass is 938 g/mol. The van der Waals surface area contributed by atoms with Crippen molar-refractivity contribution in [3.8, 4) is 0 Å². The minimum atomic E-state index is -1.75. The van der Waals surface area contributed by atoms with Gasteiger partial charge in [0, 0.05) is 0 Å². The minimum absolute atomic E-state index is 0.0164. The maximum absolute atomic E-state index is 11.3. The zero-order chi connectivity index (χ0) is 48.3. The van der Waals surface area contributed by atoms with Gasteiger partial charge in [0.05, 0.1) is 44.2 Å². The summed E-state index contributed by atoms with van der Waals surface area (Å²) in [6.07, 6.45) is -18.1. The zero-order valence-electron chi connectivity index (χ0n) is 37.7. The second kappa shape index (κ2) is 25.6. The maximum atomic E-state index is 11.3. The van der Waals surface area contributed by atoms with Crippen molar-refractivity contribution < 1.29 is 104 Å². The highest BCUT2D eigenvalue weighted by Gasteiger charge is 2.52. The molecule has 0 aromatic carbocycles. The van der Waals surface area contributed by atoms with E-state index in [9.17, 15) is 66.4 Å². The molecule has 0 radical (unpaired) electrons. The van der Waals surface area contributed by atoms with Crippen LogP contribution in [0, 0.1) is 0 Å². The fourth-order valence-electron chi connectivity index (χ4n) is 7.84. The molecule has 4 aliphatic rings. The van der Waals surface area contributed by atoms with E-state index < -0.39 is 142 Å². The fourth-order valence-corrected chi connectivity index (χ4v) is 7.84. The lowest BCUT2D eigenvalue weighted by Gasteiger charge is -2.46. The van der Waals surface area contributed by atoms with Gasteiger partial charge < -0.3 is 104 Å². The number of hydrogen-bond donors (Lipinski definition) is 13. The molecule has 21 atom stereocenters. The molecule has 13 N–H and O–H groups in total. The number of aliphatic hydroxyl groups is 13. The summed E-state index contributed by atoms with van der Waals surface area (Å²) in [5.41, 5.74) is 1.70. The third-order valence-electron chi connectivity index (χ3n) is 12.4. The Balaban J connectivity index is 1.28. The lowest BCUT2D eigenvalue weighted by molar-refractivity contribution is -0.363. The van der Waals surface area contributed by atoms with Crippen molar-refractivity contribution in [3.05, 3.63) is 47.6 Å². The first kappa shape index (κ1) is 55.7. The van der Waals surface area contributed by atoms with Crippen molar-refractivity contribution in [2.75, 3.05) is 26.4 Å². The summed E-state index contributed by atoms with van der Waals surface area (Å²) < 4.78 is 45.9. The number of allylic oxidation sites excluding steroid dienone is 4. The van der Waals surface area contributed by atoms with Gasteiger partial charge in [0.25, 0.3) is 0 Å². The van der Waals surface area contributed by atoms with Crippen LogP contribution < -0.4 is 0 Å². The molecule has 21 nitrogen and oxygen atoms in total. The van der Waals surface area contributed by atoms with Crippen LogP contribution in [0.5, 0.6) is 0 Å². The van der Waals surface area contributed by atoms with E-state index in [4.69, 9.17) is 37.9 Å². The summed E-state index contributed by atoms with van der Waals surface area (Å²) in [6.45, 7) is 11.0. The van der Waals surface area contributed by atoms with Gasteiger partial charge in [-0.3, -0.25) is 0 Å². The molecule has 0 spiro atoms. The quantitative estimate of drug-likeness (QED) is 0.0496. The first-order valence-corrected chi connectivity index (χ1v) is 22.2. The van der Waals surface area contributed by atoms with Crippen molar-refractivity contribution >= 4 is 0 Å². The Hall–Kier alpha value is -1.88. The van der Waals surface area contributed by atoms with Gasteiger partial charge in [0.1, 0.15) is 85.5 Å². The second-order valence-corrected chi connectivity index (χ2v) is 17.7. The first-order valence-electron chi connectivity index (χ1n) is 22.2. The van der Waals surface area contributed by atoms with Gasteiger partial charge in [0.2, 0.25) is 0 Å². The Morgan fingerprint density at radius 2 is 1.09 bits per heavy atom. The molecule has 0 amide bonds. The molecular formula is C44H74O21. The average Bonchev–Trinajstić information content (AvgIpc) is 3.28. The van der Waals surface area contributed by atoms with Gasteiger partial charge >= 0.3 is 0 Å². The average molecular weight is 939 g/mol. The number of ether oxygens (including phenoxy) is 8. The van der Waals surface area contributed by atoms with Crippen LogP contribution in [0.15, 0.2) is 47.6 Å². The molecule has 0 saturated carbocycles. The predicted octanol–water partition coefficient (Wildman–Crippen LogP) is -2.58. The molecule has 4 fully saturated rings. The molecule has 21 unspecified atom stereocenters. The van der Waals surface area contributed by atoms with E-state index in [2.05, 4.69) is 12.7 Å². The minimum Gasteiger partial charge on any atom is -0.394 e. The van der Waals surface area contributed by atoms with Crippen molar-refractivity contribution in [1.82, 2.24) is 0 Å². The summed E-state index contributed by atoms with van der Waals surface area (Å²) >= 11 is 0. The first-order chi connectivity index (χ1) is 30.7. The molecule has 65 heavy (non-hydrogen) atoms. The van der Waals surface area contributed by atoms with Gasteiger partial charge in [-0.15, -0.1) is 6.58 Å². The maximum Gasteiger partial charge on any atom is 0.187 e. The van der Waals surface area contributed by atoms with Crippen molar-refractivity contribution in [1.29, 1.82) is 0 Å². The van der Waals surface area contributed by atoms with E-state index in [1.165, 1.54) is 19.9 Å². The van der Waals surface area contributed by atoms with Crippen LogP contribution in [0.1, 0.15) is 73.1 Å². The third kappa shape index (κ3) is 14.8. The van der Waals surface area contributed by atoms with Gasteiger partial charge in [-0.25, -0.2) is 0 Å². The summed E-state index contributed by atoms with van der Waals surface area (Å²) in [6, 6.07) is 0. The van der Waals surface area contributed by atoms with Crippen molar-refractivity contribution in [2.24, 2.45) is 0 Å². The molecule has 376 valence electrons. The van der Waals surface area contributed by atoms with E-state index in [1.54, 1.807) is 6.92 Å². The smallest absolute Gasteiger partial charge is 0.187 e. The van der Waals surface area contributed by atoms with Crippen LogP contribution in [0.3, 0.4) is 0 Å². The van der Waals surface area contributed by atoms with Crippen LogP contribution in [0.2, 0.25) is 0 Å². The SMILES string of the molecule is C=CC(C)(CCC=C(CO)CCC=C(C)CCC=C(C)COC1OC(COC2OC(C)C(O)C(O)C2O)C(OC2OC(C)C(O)C(O)C2O)C(O)C1O)OC1OC(CO)C(O)C(O)C1O. The fraction of sp³-hybridized carbons (Fsp3) is 0.818. The topological polar surface area (TPSA) is 337 Å². The highest BCUT2D eigenvalue weighted by atomic mass is 16.8. The largest absolute Gasteiger partial charge is 0.394 e. The molecule has 4 heterocycles. The van der Waals surface area contributed by atoms with E-state index in [1.807, 2.05) is 26.0 Å². The van der Waals surface area contributed by atoms with Crippen LogP contribution in [-0.2, 0) is 37.9 Å². The Morgan fingerprint density at radius 1 is 0.569 bits per heavy atom. The van der Waals surface area contributed by atoms with Crippen LogP contribution >= 0.6 is 0 Å². The van der Waals surface area contributed by atoms with Gasteiger partial charge in [-0.1, -0.05) is 35.5 Å². The van der Waals surface area contributed by atoms with E-state index >= 15 is 0 Å². The Morgan fingerprint density at radius 3 is 1.71 bits per heavy atom. The van der Waals surface area contributed by atoms with Crippen LogP contribution in [0.4, 0.5) is 0 Å². The Bertz CT molecular complexity index is 1550. The van der Waals surface area contributed by atoms with E-state index in [-0.39, 0.29) is 13.2 Å². The number of aliphatic hydroxyl groups excluding tert-OH is 13. The second-order valence-electron chi connectivity index (χ2n) is 17.7. The zero-order valence-corrected chi connectivity index (χ0v) is 37.7. The highest BCUT2D eigenvalue weighted by molar-refractivity contribution is 5.09. The molecule has 21 heteroatoms. The van der Waals surface area contributed by atoms with E-state index in [0.717, 1.165) is 16.7 Å². The lowest BCUT2D eigenvalue weighted by atomic mass is 9.96. The van der Waals surface area contributed by atoms with Crippen LogP contribution in [0.25, 0.3) is 0 Å². The molecular weight excluding hydrogens is 864 g/mol. The van der Waals surface area contributed by atoms with Crippen molar-refractivity contribution in [3.63, 3.8) is 0 Å². The predicted molar refractivity (Wildman–Crippen MR) is 226 cm³/mol. The molecule has 0 aromatic rings. The standard InChI is InChI=1S/C44H74O21/c1-7-44(6,65-43-37(56)33(52)30(49)26(18-46)62-43)16-10-15-25(17-45)14-9-12-21(2)11-8-13-22(3)19-58-41-38(57)34(53)39(64-42-36(55)32(51)29(48)24(5)61-42)27(63-41)20-59-40-35(54)31(50)28(47)23(4)60-40/h7,12-13,15,23-24,26-43,45-57H,1,8-11,14,16-20H2,2-6H3. The van der Waals surface area contributed by atoms with Gasteiger partial charge in [0.15, 0.2) is 25.2 Å². The molecule has 0 bridgehead atoms. The molecule has 0 aromatic heterocycles. The summed E-state index contributed by atoms with van der Waals surface area (Å²) in [7, 11) is 0. The van der Waals surface area contributed by atoms with Gasteiger partial charge in [-0.2, -0.15) is 0 Å². The van der Waals surface area contributed by atoms with E-state index in [0.29, 0.717) is 38.5 Å². The highest BCUT2D eigenvalue weighted by Crippen LogP contribution is 2.32. The Labute approximate surface area is 379 Å². The molecule has 4 aliphatic heterocycles. The third-order valence-corrected chi connectivity index (χ3v) is 12.4. The number of hydrogen-bond acceptors (Lipinski definition) is 21. The van der Waals surface area contributed by atoms with Gasteiger partial charge in [-0.05, 0) is 78.7 Å². The molecule has 0 aliphatic carbocycles. The van der Waals surface area contributed by atoms with Crippen molar-refractivity contribution in [2.45, 2.75) is 202 Å².